The Morgan fingerprint density at radius 1 is 1.60 bits per heavy atom. The van der Waals surface area contributed by atoms with Gasteiger partial charge in [-0.25, -0.2) is 4.39 Å². The van der Waals surface area contributed by atoms with Crippen molar-refractivity contribution in [1.29, 1.82) is 0 Å². The van der Waals surface area contributed by atoms with Gasteiger partial charge < -0.3 is 5.11 Å². The Morgan fingerprint density at radius 3 is 2.80 bits per heavy atom. The minimum Gasteiger partial charge on any atom is -0.481 e. The molecule has 1 atom stereocenters. The molecule has 0 aliphatic heterocycles. The Hall–Kier alpha value is -1.09. The van der Waals surface area contributed by atoms with Crippen molar-refractivity contribution in [3.63, 3.8) is 0 Å². The molecule has 4 heteroatoms. The summed E-state index contributed by atoms with van der Waals surface area (Å²) in [6, 6.07) is 4.46. The van der Waals surface area contributed by atoms with Crippen molar-refractivity contribution < 1.29 is 14.3 Å². The van der Waals surface area contributed by atoms with Crippen molar-refractivity contribution in [3.8, 4) is 0 Å². The fourth-order valence-corrected chi connectivity index (χ4v) is 1.51. The highest BCUT2D eigenvalue weighted by atomic mass is 35.5. The highest BCUT2D eigenvalue weighted by molar-refractivity contribution is 6.31. The maximum Gasteiger partial charge on any atom is 0.306 e. The molecule has 0 aromatic heterocycles. The Labute approximate surface area is 92.7 Å². The van der Waals surface area contributed by atoms with E-state index in [0.717, 1.165) is 0 Å². The summed E-state index contributed by atoms with van der Waals surface area (Å²) < 4.78 is 13.3. The highest BCUT2D eigenvalue weighted by Gasteiger charge is 2.13. The number of benzene rings is 1. The molecule has 0 saturated heterocycles. The van der Waals surface area contributed by atoms with E-state index >= 15 is 0 Å². The van der Waals surface area contributed by atoms with E-state index in [0.29, 0.717) is 23.4 Å². The smallest absolute Gasteiger partial charge is 0.306 e. The molecule has 0 aliphatic carbocycles. The molecule has 0 radical (unpaired) electrons. The summed E-state index contributed by atoms with van der Waals surface area (Å²) in [7, 11) is 0. The van der Waals surface area contributed by atoms with E-state index in [-0.39, 0.29) is 5.82 Å². The van der Waals surface area contributed by atoms with Gasteiger partial charge in [0.15, 0.2) is 0 Å². The van der Waals surface area contributed by atoms with Crippen molar-refractivity contribution in [2.45, 2.75) is 19.8 Å². The predicted octanol–water partition coefficient (Wildman–Crippen LogP) is 3.13. The third-order valence-corrected chi connectivity index (χ3v) is 2.66. The van der Waals surface area contributed by atoms with Crippen molar-refractivity contribution in [2.75, 3.05) is 0 Å². The number of rotatable bonds is 4. The van der Waals surface area contributed by atoms with Crippen LogP contribution in [0.3, 0.4) is 0 Å². The second-order valence-electron chi connectivity index (χ2n) is 3.48. The van der Waals surface area contributed by atoms with Gasteiger partial charge in [-0.2, -0.15) is 0 Å². The molecule has 0 aliphatic rings. The minimum atomic E-state index is -0.873. The van der Waals surface area contributed by atoms with Crippen LogP contribution in [0.15, 0.2) is 18.2 Å². The molecule has 15 heavy (non-hydrogen) atoms. The van der Waals surface area contributed by atoms with Crippen LogP contribution in [0, 0.1) is 11.7 Å². The topological polar surface area (TPSA) is 37.3 Å². The molecular formula is C11H12ClFO2. The molecule has 1 rings (SSSR count). The Kier molecular flexibility index (Phi) is 4.09. The zero-order valence-electron chi connectivity index (χ0n) is 8.34. The number of carbonyl (C=O) groups is 1. The van der Waals surface area contributed by atoms with Crippen molar-refractivity contribution in [2.24, 2.45) is 5.92 Å². The molecule has 0 fully saturated rings. The number of halogens is 2. The predicted molar refractivity (Wildman–Crippen MR) is 56.5 cm³/mol. The second-order valence-corrected chi connectivity index (χ2v) is 3.89. The van der Waals surface area contributed by atoms with Gasteiger partial charge in [-0.15, -0.1) is 0 Å². The van der Waals surface area contributed by atoms with Gasteiger partial charge in [0.1, 0.15) is 5.82 Å². The zero-order chi connectivity index (χ0) is 11.4. The summed E-state index contributed by atoms with van der Waals surface area (Å²) in [6.45, 7) is 1.59. The molecule has 0 heterocycles. The number of hydrogen-bond acceptors (Lipinski definition) is 1. The second kappa shape index (κ2) is 5.12. The van der Waals surface area contributed by atoms with Crippen molar-refractivity contribution in [1.82, 2.24) is 0 Å². The van der Waals surface area contributed by atoms with Crippen LogP contribution in [-0.2, 0) is 11.2 Å². The minimum absolute atomic E-state index is 0.346. The van der Waals surface area contributed by atoms with Crippen LogP contribution in [0.4, 0.5) is 4.39 Å². The standard InChI is InChI=1S/C11H12ClFO2/c1-7(11(14)15)5-6-8-9(12)3-2-4-10(8)13/h2-4,7H,5-6H2,1H3,(H,14,15). The third-order valence-electron chi connectivity index (χ3n) is 2.31. The lowest BCUT2D eigenvalue weighted by molar-refractivity contribution is -0.141. The molecular weight excluding hydrogens is 219 g/mol. The third kappa shape index (κ3) is 3.20. The van der Waals surface area contributed by atoms with Gasteiger partial charge in [-0.3, -0.25) is 4.79 Å². The number of aliphatic carboxylic acids is 1. The van der Waals surface area contributed by atoms with Crippen molar-refractivity contribution in [3.05, 3.63) is 34.6 Å². The Balaban J connectivity index is 2.69. The first-order valence-corrected chi connectivity index (χ1v) is 5.06. The molecule has 0 saturated carbocycles. The summed E-state index contributed by atoms with van der Waals surface area (Å²) in [5, 5.41) is 9.03. The molecule has 0 amide bonds. The summed E-state index contributed by atoms with van der Waals surface area (Å²) in [6.07, 6.45) is 0.731. The molecule has 0 spiro atoms. The molecule has 1 unspecified atom stereocenters. The first kappa shape index (κ1) is 12.0. The highest BCUT2D eigenvalue weighted by Crippen LogP contribution is 2.21. The van der Waals surface area contributed by atoms with Gasteiger partial charge in [0.05, 0.1) is 5.92 Å². The van der Waals surface area contributed by atoms with Gasteiger partial charge in [0.2, 0.25) is 0 Å². The SMILES string of the molecule is CC(CCc1c(F)cccc1Cl)C(=O)O. The fraction of sp³-hybridized carbons (Fsp3) is 0.364. The van der Waals surface area contributed by atoms with E-state index in [9.17, 15) is 9.18 Å². The van der Waals surface area contributed by atoms with Gasteiger partial charge >= 0.3 is 5.97 Å². The number of carboxylic acid groups (broad SMARTS) is 1. The molecule has 1 N–H and O–H groups in total. The normalized spacial score (nSPS) is 12.5. The molecule has 2 nitrogen and oxygen atoms in total. The van der Waals surface area contributed by atoms with Crippen LogP contribution in [0.25, 0.3) is 0 Å². The number of hydrogen-bond donors (Lipinski definition) is 1. The molecule has 1 aromatic rings. The van der Waals surface area contributed by atoms with E-state index in [1.165, 1.54) is 12.1 Å². The van der Waals surface area contributed by atoms with E-state index in [2.05, 4.69) is 0 Å². The lowest BCUT2D eigenvalue weighted by atomic mass is 10.0. The Morgan fingerprint density at radius 2 is 2.27 bits per heavy atom. The summed E-state index contributed by atoms with van der Waals surface area (Å²) >= 11 is 5.81. The largest absolute Gasteiger partial charge is 0.481 e. The van der Waals surface area contributed by atoms with Gasteiger partial charge in [-0.1, -0.05) is 24.6 Å². The zero-order valence-corrected chi connectivity index (χ0v) is 9.09. The monoisotopic (exact) mass is 230 g/mol. The Bertz CT molecular complexity index is 345. The van der Waals surface area contributed by atoms with E-state index in [4.69, 9.17) is 16.7 Å². The van der Waals surface area contributed by atoms with Crippen LogP contribution in [0.5, 0.6) is 0 Å². The average Bonchev–Trinajstić information content (AvgIpc) is 2.16. The van der Waals surface area contributed by atoms with Crippen LogP contribution >= 0.6 is 11.6 Å². The van der Waals surface area contributed by atoms with Crippen LogP contribution in [0.2, 0.25) is 5.02 Å². The molecule has 0 bridgehead atoms. The average molecular weight is 231 g/mol. The van der Waals surface area contributed by atoms with E-state index < -0.39 is 11.9 Å². The van der Waals surface area contributed by atoms with Gasteiger partial charge in [-0.05, 0) is 25.0 Å². The van der Waals surface area contributed by atoms with Crippen molar-refractivity contribution >= 4 is 17.6 Å². The number of carboxylic acids is 1. The maximum absolute atomic E-state index is 13.3. The van der Waals surface area contributed by atoms with Crippen LogP contribution in [-0.4, -0.2) is 11.1 Å². The van der Waals surface area contributed by atoms with E-state index in [1.807, 2.05) is 0 Å². The molecule has 82 valence electrons. The quantitative estimate of drug-likeness (QED) is 0.863. The van der Waals surface area contributed by atoms with Crippen LogP contribution in [0.1, 0.15) is 18.9 Å². The van der Waals surface area contributed by atoms with Gasteiger partial charge in [0, 0.05) is 10.6 Å². The first-order valence-electron chi connectivity index (χ1n) is 4.68. The molecule has 1 aromatic carbocycles. The first-order chi connectivity index (χ1) is 7.02. The lowest BCUT2D eigenvalue weighted by Crippen LogP contribution is -2.10. The fourth-order valence-electron chi connectivity index (χ4n) is 1.26. The maximum atomic E-state index is 13.3. The summed E-state index contributed by atoms with van der Waals surface area (Å²) in [5.74, 6) is -1.73. The summed E-state index contributed by atoms with van der Waals surface area (Å²) in [5.41, 5.74) is 0.396. The lowest BCUT2D eigenvalue weighted by Gasteiger charge is -2.08. The summed E-state index contributed by atoms with van der Waals surface area (Å²) in [4.78, 5) is 10.6. The van der Waals surface area contributed by atoms with Crippen LogP contribution < -0.4 is 0 Å². The van der Waals surface area contributed by atoms with Gasteiger partial charge in [0.25, 0.3) is 0 Å². The van der Waals surface area contributed by atoms with E-state index in [1.54, 1.807) is 13.0 Å².